The topological polar surface area (TPSA) is 95.9 Å². The van der Waals surface area contributed by atoms with Gasteiger partial charge in [0.25, 0.3) is 0 Å². The van der Waals surface area contributed by atoms with Crippen molar-refractivity contribution in [3.63, 3.8) is 0 Å². The summed E-state index contributed by atoms with van der Waals surface area (Å²) < 4.78 is 5.47. The molecular formula is C63H123NO5. The van der Waals surface area contributed by atoms with Crippen LogP contribution in [0.4, 0.5) is 0 Å². The fraction of sp³-hybridized carbons (Fsp3) is 0.937. The van der Waals surface area contributed by atoms with E-state index >= 15 is 0 Å². The predicted octanol–water partition coefficient (Wildman–Crippen LogP) is 19.6. The molecule has 1 amide bonds. The number of amides is 1. The van der Waals surface area contributed by atoms with E-state index in [1.54, 1.807) is 0 Å². The molecule has 69 heavy (non-hydrogen) atoms. The van der Waals surface area contributed by atoms with Gasteiger partial charge in [-0.2, -0.15) is 0 Å². The maximum Gasteiger partial charge on any atom is 0.305 e. The first kappa shape index (κ1) is 67.6. The first-order chi connectivity index (χ1) is 34.0. The zero-order chi connectivity index (χ0) is 50.0. The largest absolute Gasteiger partial charge is 0.466 e. The van der Waals surface area contributed by atoms with Gasteiger partial charge in [-0.3, -0.25) is 9.59 Å². The average Bonchev–Trinajstić information content (AvgIpc) is 3.35. The smallest absolute Gasteiger partial charge is 0.305 e. The quantitative estimate of drug-likeness (QED) is 0.0321. The van der Waals surface area contributed by atoms with Crippen LogP contribution < -0.4 is 5.32 Å². The second kappa shape index (κ2) is 59.2. The van der Waals surface area contributed by atoms with Gasteiger partial charge < -0.3 is 20.3 Å². The lowest BCUT2D eigenvalue weighted by Crippen LogP contribution is -2.45. The van der Waals surface area contributed by atoms with E-state index in [0.29, 0.717) is 25.9 Å². The zero-order valence-corrected chi connectivity index (χ0v) is 46.8. The third-order valence-electron chi connectivity index (χ3n) is 14.8. The number of aliphatic hydroxyl groups is 2. The van der Waals surface area contributed by atoms with Crippen LogP contribution in [0.1, 0.15) is 354 Å². The number of hydrogen-bond acceptors (Lipinski definition) is 5. The van der Waals surface area contributed by atoms with Crippen molar-refractivity contribution in [2.24, 2.45) is 0 Å². The minimum atomic E-state index is -0.676. The number of carbonyl (C=O) groups is 2. The molecule has 0 radical (unpaired) electrons. The number of ether oxygens (including phenoxy) is 1. The molecule has 410 valence electrons. The highest BCUT2D eigenvalue weighted by molar-refractivity contribution is 5.76. The van der Waals surface area contributed by atoms with Crippen LogP contribution in [0.2, 0.25) is 0 Å². The molecule has 0 aromatic carbocycles. The number of hydrogen-bond donors (Lipinski definition) is 3. The van der Waals surface area contributed by atoms with Crippen molar-refractivity contribution in [2.45, 2.75) is 366 Å². The molecule has 0 fully saturated rings. The van der Waals surface area contributed by atoms with Crippen LogP contribution in [0.5, 0.6) is 0 Å². The number of unbranched alkanes of at least 4 members (excludes halogenated alkanes) is 46. The van der Waals surface area contributed by atoms with Crippen molar-refractivity contribution in [1.29, 1.82) is 0 Å². The van der Waals surface area contributed by atoms with Crippen LogP contribution in [-0.2, 0) is 14.3 Å². The second-order valence-corrected chi connectivity index (χ2v) is 21.7. The number of rotatable bonds is 59. The lowest BCUT2D eigenvalue weighted by Gasteiger charge is -2.22. The minimum absolute atomic E-state index is 0.0151. The Bertz CT molecular complexity index is 1030. The van der Waals surface area contributed by atoms with Gasteiger partial charge in [0.1, 0.15) is 0 Å². The summed E-state index contributed by atoms with van der Waals surface area (Å²) in [7, 11) is 0. The molecule has 0 aromatic heterocycles. The van der Waals surface area contributed by atoms with Crippen molar-refractivity contribution < 1.29 is 24.5 Å². The van der Waals surface area contributed by atoms with Crippen LogP contribution in [0.25, 0.3) is 0 Å². The third-order valence-corrected chi connectivity index (χ3v) is 14.8. The molecule has 2 atom stereocenters. The average molecular weight is 975 g/mol. The Morgan fingerprint density at radius 3 is 1.03 bits per heavy atom. The second-order valence-electron chi connectivity index (χ2n) is 21.7. The molecule has 0 saturated heterocycles. The summed E-state index contributed by atoms with van der Waals surface area (Å²) >= 11 is 0. The molecule has 2 unspecified atom stereocenters. The standard InChI is InChI=1S/C63H123NO5/c1-3-5-7-9-11-13-15-17-19-21-22-23-24-25-26-27-28-29-31-35-39-43-47-51-55-61(66)60(59-65)64-62(67)56-52-48-44-40-36-33-34-38-42-46-50-54-58-69-63(68)57-53-49-45-41-37-32-30-20-18-16-14-12-10-8-6-4-2/h20,30,60-61,65-66H,3-19,21-29,31-59H2,1-2H3,(H,64,67)/b30-20-. The minimum Gasteiger partial charge on any atom is -0.466 e. The van der Waals surface area contributed by atoms with Gasteiger partial charge in [-0.15, -0.1) is 0 Å². The van der Waals surface area contributed by atoms with E-state index in [9.17, 15) is 19.8 Å². The van der Waals surface area contributed by atoms with Gasteiger partial charge >= 0.3 is 5.97 Å². The molecule has 0 aliphatic heterocycles. The maximum atomic E-state index is 12.5. The molecule has 3 N–H and O–H groups in total. The molecule has 0 aromatic rings. The van der Waals surface area contributed by atoms with Crippen LogP contribution >= 0.6 is 0 Å². The number of aliphatic hydroxyl groups excluding tert-OH is 2. The molecule has 0 bridgehead atoms. The van der Waals surface area contributed by atoms with Crippen molar-refractivity contribution in [1.82, 2.24) is 5.32 Å². The molecule has 6 nitrogen and oxygen atoms in total. The fourth-order valence-electron chi connectivity index (χ4n) is 9.99. The SMILES string of the molecule is CCCCCCCCC/C=C\CCCCCCCC(=O)OCCCCCCCCCCCCCCC(=O)NC(CO)C(O)CCCCCCCCCCCCCCCCCCCCCCCCCC. The van der Waals surface area contributed by atoms with E-state index in [4.69, 9.17) is 4.74 Å². The summed E-state index contributed by atoms with van der Waals surface area (Å²) in [5.74, 6) is -0.0616. The Hall–Kier alpha value is -1.40. The first-order valence-electron chi connectivity index (χ1n) is 31.4. The van der Waals surface area contributed by atoms with Crippen LogP contribution in [0.3, 0.4) is 0 Å². The highest BCUT2D eigenvalue weighted by Gasteiger charge is 2.20. The van der Waals surface area contributed by atoms with E-state index in [2.05, 4.69) is 31.3 Å². The molecule has 0 aliphatic rings. The Kier molecular flexibility index (Phi) is 58.0. The molecule has 0 rings (SSSR count). The predicted molar refractivity (Wildman–Crippen MR) is 301 cm³/mol. The maximum absolute atomic E-state index is 12.5. The van der Waals surface area contributed by atoms with Gasteiger partial charge in [0.15, 0.2) is 0 Å². The lowest BCUT2D eigenvalue weighted by molar-refractivity contribution is -0.143. The number of nitrogens with one attached hydrogen (secondary N) is 1. The van der Waals surface area contributed by atoms with Crippen LogP contribution in [0.15, 0.2) is 12.2 Å². The van der Waals surface area contributed by atoms with Gasteiger partial charge in [0.2, 0.25) is 5.91 Å². The van der Waals surface area contributed by atoms with Crippen LogP contribution in [-0.4, -0.2) is 47.4 Å². The van der Waals surface area contributed by atoms with Crippen molar-refractivity contribution in [2.75, 3.05) is 13.2 Å². The van der Waals surface area contributed by atoms with E-state index in [-0.39, 0.29) is 18.5 Å². The summed E-state index contributed by atoms with van der Waals surface area (Å²) in [4.78, 5) is 24.6. The molecular weight excluding hydrogens is 851 g/mol. The van der Waals surface area contributed by atoms with Gasteiger partial charge in [-0.25, -0.2) is 0 Å². The van der Waals surface area contributed by atoms with Gasteiger partial charge in [-0.1, -0.05) is 302 Å². The van der Waals surface area contributed by atoms with Gasteiger partial charge in [-0.05, 0) is 51.4 Å². The first-order valence-corrected chi connectivity index (χ1v) is 31.4. The third kappa shape index (κ3) is 55.8. The summed E-state index contributed by atoms with van der Waals surface area (Å²) in [6.07, 6.45) is 70.7. The molecule has 0 spiro atoms. The van der Waals surface area contributed by atoms with Crippen molar-refractivity contribution in [3.05, 3.63) is 12.2 Å². The fourth-order valence-corrected chi connectivity index (χ4v) is 9.99. The van der Waals surface area contributed by atoms with Gasteiger partial charge in [0, 0.05) is 12.8 Å². The van der Waals surface area contributed by atoms with Crippen molar-refractivity contribution >= 4 is 11.9 Å². The van der Waals surface area contributed by atoms with E-state index in [1.807, 2.05) is 0 Å². The number of allylic oxidation sites excluding steroid dienone is 2. The molecule has 0 saturated carbocycles. The Morgan fingerprint density at radius 2 is 0.681 bits per heavy atom. The molecule has 0 heterocycles. The monoisotopic (exact) mass is 974 g/mol. The Labute approximate surface area is 431 Å². The van der Waals surface area contributed by atoms with Crippen molar-refractivity contribution in [3.8, 4) is 0 Å². The normalized spacial score (nSPS) is 12.6. The Balaban J connectivity index is 3.44. The van der Waals surface area contributed by atoms with Gasteiger partial charge in [0.05, 0.1) is 25.4 Å². The Morgan fingerprint density at radius 1 is 0.391 bits per heavy atom. The summed E-state index contributed by atoms with van der Waals surface area (Å²) in [5, 5.41) is 23.4. The molecule has 6 heteroatoms. The van der Waals surface area contributed by atoms with E-state index in [0.717, 1.165) is 57.8 Å². The highest BCUT2D eigenvalue weighted by atomic mass is 16.5. The van der Waals surface area contributed by atoms with E-state index in [1.165, 1.54) is 263 Å². The summed E-state index contributed by atoms with van der Waals surface area (Å²) in [6, 6.07) is -0.554. The van der Waals surface area contributed by atoms with Crippen LogP contribution in [0, 0.1) is 0 Å². The molecule has 0 aliphatic carbocycles. The lowest BCUT2D eigenvalue weighted by atomic mass is 10.0. The highest BCUT2D eigenvalue weighted by Crippen LogP contribution is 2.18. The number of esters is 1. The summed E-state index contributed by atoms with van der Waals surface area (Å²) in [5.41, 5.74) is 0. The zero-order valence-electron chi connectivity index (χ0n) is 46.8. The van der Waals surface area contributed by atoms with E-state index < -0.39 is 12.1 Å². The number of carbonyl (C=O) groups excluding carboxylic acids is 2. The summed E-state index contributed by atoms with van der Waals surface area (Å²) in [6.45, 7) is 4.94.